The number of fused-ring (bicyclic) bond motifs is 3. The monoisotopic (exact) mass is 165 g/mol. The Kier molecular flexibility index (Phi) is 1.27. The van der Waals surface area contributed by atoms with Crippen LogP contribution in [0.4, 0.5) is 0 Å². The molecule has 3 atom stereocenters. The highest BCUT2D eigenvalue weighted by Crippen LogP contribution is 2.61. The second-order valence-electron chi connectivity index (χ2n) is 5.30. The largest absolute Gasteiger partial charge is 0.297 e. The van der Waals surface area contributed by atoms with Gasteiger partial charge in [-0.1, -0.05) is 13.8 Å². The minimum Gasteiger partial charge on any atom is -0.297 e. The van der Waals surface area contributed by atoms with Crippen LogP contribution in [0.3, 0.4) is 0 Å². The fourth-order valence-corrected chi connectivity index (χ4v) is 4.03. The van der Waals surface area contributed by atoms with E-state index < -0.39 is 0 Å². The van der Waals surface area contributed by atoms with Crippen molar-refractivity contribution in [2.45, 2.75) is 38.6 Å². The van der Waals surface area contributed by atoms with Crippen molar-refractivity contribution in [3.05, 3.63) is 0 Å². The van der Waals surface area contributed by atoms with Crippen LogP contribution in [-0.4, -0.2) is 23.5 Å². The number of piperidine rings is 1. The molecule has 12 heavy (non-hydrogen) atoms. The molecular weight excluding hydrogens is 146 g/mol. The summed E-state index contributed by atoms with van der Waals surface area (Å²) in [5.74, 6) is 3.09. The zero-order chi connectivity index (χ0) is 8.34. The molecule has 0 N–H and O–H groups in total. The Labute approximate surface area is 75.1 Å². The lowest BCUT2D eigenvalue weighted by molar-refractivity contribution is 0.103. The Bertz CT molecular complexity index is 211. The van der Waals surface area contributed by atoms with Crippen molar-refractivity contribution in [3.8, 4) is 0 Å². The lowest BCUT2D eigenvalue weighted by atomic mass is 9.80. The van der Waals surface area contributed by atoms with E-state index in [-0.39, 0.29) is 0 Å². The molecule has 1 aliphatic carbocycles. The van der Waals surface area contributed by atoms with Gasteiger partial charge in [-0.2, -0.15) is 0 Å². The normalized spacial score (nSPS) is 51.2. The molecule has 3 fully saturated rings. The standard InChI is InChI=1S/C11H19N/c1-8(2)11-4-3-5-12(11)7-9-6-10(9)11/h8-10H,3-7H2,1-2H3. The van der Waals surface area contributed by atoms with Crippen molar-refractivity contribution in [1.29, 1.82) is 0 Å². The predicted molar refractivity (Wildman–Crippen MR) is 50.0 cm³/mol. The van der Waals surface area contributed by atoms with Gasteiger partial charge >= 0.3 is 0 Å². The Morgan fingerprint density at radius 3 is 2.92 bits per heavy atom. The van der Waals surface area contributed by atoms with E-state index in [1.165, 1.54) is 25.9 Å². The average molecular weight is 165 g/mol. The summed E-state index contributed by atoms with van der Waals surface area (Å²) in [5.41, 5.74) is 0.671. The smallest absolute Gasteiger partial charge is 0.0264 e. The van der Waals surface area contributed by atoms with E-state index in [2.05, 4.69) is 18.7 Å². The van der Waals surface area contributed by atoms with Crippen LogP contribution in [0.2, 0.25) is 0 Å². The van der Waals surface area contributed by atoms with E-state index in [1.54, 1.807) is 6.42 Å². The number of hydrogen-bond acceptors (Lipinski definition) is 1. The van der Waals surface area contributed by atoms with Crippen LogP contribution in [0.15, 0.2) is 0 Å². The molecule has 2 aliphatic heterocycles. The summed E-state index contributed by atoms with van der Waals surface area (Å²) in [6.07, 6.45) is 4.50. The first-order valence-corrected chi connectivity index (χ1v) is 5.50. The van der Waals surface area contributed by atoms with Gasteiger partial charge in [0.15, 0.2) is 0 Å². The molecule has 1 nitrogen and oxygen atoms in total. The molecule has 0 aromatic heterocycles. The molecule has 68 valence electrons. The minimum absolute atomic E-state index is 0.671. The zero-order valence-electron chi connectivity index (χ0n) is 8.21. The maximum absolute atomic E-state index is 2.80. The van der Waals surface area contributed by atoms with Crippen molar-refractivity contribution < 1.29 is 0 Å². The maximum atomic E-state index is 2.80. The lowest BCUT2D eigenvalue weighted by Crippen LogP contribution is -2.46. The third kappa shape index (κ3) is 0.654. The van der Waals surface area contributed by atoms with Gasteiger partial charge in [0.05, 0.1) is 0 Å². The first kappa shape index (κ1) is 7.37. The Hall–Kier alpha value is -0.0400. The van der Waals surface area contributed by atoms with Gasteiger partial charge < -0.3 is 0 Å². The van der Waals surface area contributed by atoms with Gasteiger partial charge in [0.1, 0.15) is 0 Å². The highest BCUT2D eigenvalue weighted by atomic mass is 15.3. The van der Waals surface area contributed by atoms with Gasteiger partial charge in [0.2, 0.25) is 0 Å². The summed E-state index contributed by atoms with van der Waals surface area (Å²) in [7, 11) is 0. The van der Waals surface area contributed by atoms with Gasteiger partial charge in [0.25, 0.3) is 0 Å². The first-order valence-electron chi connectivity index (χ1n) is 5.50. The van der Waals surface area contributed by atoms with Crippen LogP contribution in [-0.2, 0) is 0 Å². The molecule has 2 saturated heterocycles. The van der Waals surface area contributed by atoms with Crippen LogP contribution in [0.25, 0.3) is 0 Å². The average Bonchev–Trinajstić information content (AvgIpc) is 2.57. The Balaban J connectivity index is 1.97. The highest BCUT2D eigenvalue weighted by Gasteiger charge is 2.64. The van der Waals surface area contributed by atoms with Gasteiger partial charge in [-0.3, -0.25) is 4.90 Å². The summed E-state index contributed by atoms with van der Waals surface area (Å²) in [4.78, 5) is 2.80. The van der Waals surface area contributed by atoms with E-state index in [9.17, 15) is 0 Å². The highest BCUT2D eigenvalue weighted by molar-refractivity contribution is 5.17. The molecule has 3 rings (SSSR count). The molecule has 0 amide bonds. The van der Waals surface area contributed by atoms with Gasteiger partial charge in [-0.25, -0.2) is 0 Å². The molecule has 0 aromatic carbocycles. The van der Waals surface area contributed by atoms with Crippen LogP contribution in [0.1, 0.15) is 33.1 Å². The van der Waals surface area contributed by atoms with Gasteiger partial charge in [0, 0.05) is 12.1 Å². The first-order chi connectivity index (χ1) is 5.75. The summed E-state index contributed by atoms with van der Waals surface area (Å²) in [6, 6.07) is 0. The molecule has 0 aromatic rings. The van der Waals surface area contributed by atoms with E-state index in [0.29, 0.717) is 5.54 Å². The molecule has 3 unspecified atom stereocenters. The third-order valence-electron chi connectivity index (χ3n) is 4.61. The second kappa shape index (κ2) is 2.06. The molecule has 0 spiro atoms. The van der Waals surface area contributed by atoms with Crippen molar-refractivity contribution in [3.63, 3.8) is 0 Å². The Morgan fingerprint density at radius 1 is 1.42 bits per heavy atom. The molecule has 0 bridgehead atoms. The Morgan fingerprint density at radius 2 is 2.25 bits per heavy atom. The topological polar surface area (TPSA) is 3.24 Å². The minimum atomic E-state index is 0.671. The van der Waals surface area contributed by atoms with E-state index in [0.717, 1.165) is 17.8 Å². The number of hydrogen-bond donors (Lipinski definition) is 0. The van der Waals surface area contributed by atoms with Crippen LogP contribution in [0, 0.1) is 17.8 Å². The van der Waals surface area contributed by atoms with Crippen molar-refractivity contribution in [2.24, 2.45) is 17.8 Å². The predicted octanol–water partition coefficient (Wildman–Crippen LogP) is 2.13. The van der Waals surface area contributed by atoms with Gasteiger partial charge in [-0.05, 0) is 43.6 Å². The van der Waals surface area contributed by atoms with E-state index in [1.807, 2.05) is 0 Å². The molecule has 2 heterocycles. The SMILES string of the molecule is CC(C)C12CCCN1CC1CC12. The van der Waals surface area contributed by atoms with Crippen LogP contribution >= 0.6 is 0 Å². The molecule has 1 heteroatoms. The molecule has 3 aliphatic rings. The maximum Gasteiger partial charge on any atom is 0.0264 e. The lowest BCUT2D eigenvalue weighted by Gasteiger charge is -2.39. The molecular formula is C11H19N. The third-order valence-corrected chi connectivity index (χ3v) is 4.61. The summed E-state index contributed by atoms with van der Waals surface area (Å²) in [6.45, 7) is 7.69. The number of rotatable bonds is 1. The van der Waals surface area contributed by atoms with Crippen molar-refractivity contribution in [2.75, 3.05) is 13.1 Å². The summed E-state index contributed by atoms with van der Waals surface area (Å²) in [5, 5.41) is 0. The summed E-state index contributed by atoms with van der Waals surface area (Å²) < 4.78 is 0. The summed E-state index contributed by atoms with van der Waals surface area (Å²) >= 11 is 0. The zero-order valence-corrected chi connectivity index (χ0v) is 8.21. The van der Waals surface area contributed by atoms with Gasteiger partial charge in [-0.15, -0.1) is 0 Å². The van der Waals surface area contributed by atoms with E-state index in [4.69, 9.17) is 0 Å². The quantitative estimate of drug-likeness (QED) is 0.575. The van der Waals surface area contributed by atoms with Crippen molar-refractivity contribution in [1.82, 2.24) is 4.90 Å². The second-order valence-corrected chi connectivity index (χ2v) is 5.30. The van der Waals surface area contributed by atoms with Crippen LogP contribution < -0.4 is 0 Å². The van der Waals surface area contributed by atoms with Crippen molar-refractivity contribution >= 4 is 0 Å². The van der Waals surface area contributed by atoms with Crippen LogP contribution in [0.5, 0.6) is 0 Å². The molecule has 0 radical (unpaired) electrons. The van der Waals surface area contributed by atoms with E-state index >= 15 is 0 Å². The fraction of sp³-hybridized carbons (Fsp3) is 1.00. The number of nitrogens with zero attached hydrogens (tertiary/aromatic N) is 1. The molecule has 1 saturated carbocycles. The fourth-order valence-electron chi connectivity index (χ4n) is 4.03.